The first-order chi connectivity index (χ1) is 12.6. The summed E-state index contributed by atoms with van der Waals surface area (Å²) in [5, 5.41) is 3.15. The van der Waals surface area contributed by atoms with E-state index >= 15 is 0 Å². The van der Waals surface area contributed by atoms with Gasteiger partial charge in [-0.05, 0) is 42.2 Å². The van der Waals surface area contributed by atoms with E-state index < -0.39 is 0 Å². The van der Waals surface area contributed by atoms with E-state index in [1.165, 1.54) is 5.56 Å². The lowest BCUT2D eigenvalue weighted by Crippen LogP contribution is -2.28. The molecule has 130 valence electrons. The lowest BCUT2D eigenvalue weighted by atomic mass is 9.95. The molecule has 0 saturated carbocycles. The van der Waals surface area contributed by atoms with Gasteiger partial charge in [0.2, 0.25) is 5.91 Å². The Morgan fingerprint density at radius 1 is 0.846 bits per heavy atom. The molecule has 0 aliphatic heterocycles. The van der Waals surface area contributed by atoms with Crippen molar-refractivity contribution in [3.8, 4) is 0 Å². The first-order valence-corrected chi connectivity index (χ1v) is 8.79. The molecule has 0 aliphatic carbocycles. The first-order valence-electron chi connectivity index (χ1n) is 8.79. The van der Waals surface area contributed by atoms with Gasteiger partial charge in [0.25, 0.3) is 0 Å². The maximum atomic E-state index is 12.6. The van der Waals surface area contributed by atoms with Crippen LogP contribution >= 0.6 is 0 Å². The van der Waals surface area contributed by atoms with Crippen molar-refractivity contribution in [3.63, 3.8) is 0 Å². The van der Waals surface area contributed by atoms with E-state index in [-0.39, 0.29) is 11.9 Å². The zero-order valence-electron chi connectivity index (χ0n) is 15.1. The van der Waals surface area contributed by atoms with Gasteiger partial charge in [-0.25, -0.2) is 0 Å². The van der Waals surface area contributed by atoms with Crippen molar-refractivity contribution in [1.29, 1.82) is 0 Å². The fourth-order valence-electron chi connectivity index (χ4n) is 2.94. The summed E-state index contributed by atoms with van der Waals surface area (Å²) in [5.74, 6) is -0.109. The van der Waals surface area contributed by atoms with Crippen LogP contribution in [0.3, 0.4) is 0 Å². The summed E-state index contributed by atoms with van der Waals surface area (Å²) in [6.45, 7) is 4.12. The van der Waals surface area contributed by atoms with Crippen LogP contribution in [0.2, 0.25) is 0 Å². The van der Waals surface area contributed by atoms with Crippen LogP contribution in [0.5, 0.6) is 0 Å². The molecular formula is C24H23NO. The number of benzene rings is 3. The van der Waals surface area contributed by atoms with Gasteiger partial charge in [-0.2, -0.15) is 0 Å². The second-order valence-corrected chi connectivity index (χ2v) is 6.45. The second kappa shape index (κ2) is 8.30. The molecule has 0 spiro atoms. The number of nitrogens with one attached hydrogen (secondary N) is 1. The molecule has 1 N–H and O–H groups in total. The highest BCUT2D eigenvalue weighted by atomic mass is 16.1. The molecule has 0 heterocycles. The van der Waals surface area contributed by atoms with Crippen LogP contribution in [0.4, 0.5) is 0 Å². The average Bonchev–Trinajstić information content (AvgIpc) is 2.67. The van der Waals surface area contributed by atoms with Gasteiger partial charge in [-0.3, -0.25) is 4.79 Å². The Morgan fingerprint density at radius 3 is 2.19 bits per heavy atom. The van der Waals surface area contributed by atoms with E-state index in [0.717, 1.165) is 22.3 Å². The molecule has 1 atom stereocenters. The van der Waals surface area contributed by atoms with Crippen LogP contribution in [-0.4, -0.2) is 5.91 Å². The van der Waals surface area contributed by atoms with Crippen LogP contribution < -0.4 is 5.32 Å². The SMILES string of the molecule is Cc1ccc(/C=C/C(=O)NC(c2ccccc2)c2ccccc2C)cc1. The van der Waals surface area contributed by atoms with Crippen molar-refractivity contribution in [1.82, 2.24) is 5.32 Å². The summed E-state index contributed by atoms with van der Waals surface area (Å²) in [5.41, 5.74) is 5.55. The van der Waals surface area contributed by atoms with Crippen LogP contribution in [0.25, 0.3) is 6.08 Å². The van der Waals surface area contributed by atoms with Gasteiger partial charge in [0.1, 0.15) is 0 Å². The van der Waals surface area contributed by atoms with Crippen LogP contribution in [0.1, 0.15) is 33.9 Å². The summed E-state index contributed by atoms with van der Waals surface area (Å²) in [7, 11) is 0. The molecule has 0 bridgehead atoms. The fourth-order valence-corrected chi connectivity index (χ4v) is 2.94. The molecule has 3 aromatic rings. The van der Waals surface area contributed by atoms with Gasteiger partial charge in [-0.1, -0.05) is 84.4 Å². The Morgan fingerprint density at radius 2 is 1.50 bits per heavy atom. The molecular weight excluding hydrogens is 318 g/mol. The molecule has 2 heteroatoms. The number of hydrogen-bond donors (Lipinski definition) is 1. The van der Waals surface area contributed by atoms with Crippen LogP contribution in [-0.2, 0) is 4.79 Å². The molecule has 0 fully saturated rings. The minimum absolute atomic E-state index is 0.109. The predicted molar refractivity (Wildman–Crippen MR) is 108 cm³/mol. The van der Waals surface area contributed by atoms with Crippen molar-refractivity contribution >= 4 is 12.0 Å². The Hall–Kier alpha value is -3.13. The standard InChI is InChI=1S/C24H23NO/c1-18-12-14-20(15-13-18)16-17-23(26)25-24(21-9-4-3-5-10-21)22-11-7-6-8-19(22)2/h3-17,24H,1-2H3,(H,25,26)/b17-16+. The highest BCUT2D eigenvalue weighted by Gasteiger charge is 2.17. The molecule has 1 unspecified atom stereocenters. The highest BCUT2D eigenvalue weighted by molar-refractivity contribution is 5.92. The van der Waals surface area contributed by atoms with Gasteiger partial charge in [-0.15, -0.1) is 0 Å². The lowest BCUT2D eigenvalue weighted by molar-refractivity contribution is -0.116. The van der Waals surface area contributed by atoms with Gasteiger partial charge >= 0.3 is 0 Å². The number of carbonyl (C=O) groups excluding carboxylic acids is 1. The normalized spacial score (nSPS) is 12.1. The molecule has 3 aromatic carbocycles. The Bertz CT molecular complexity index is 895. The molecule has 1 amide bonds. The van der Waals surface area contributed by atoms with Crippen molar-refractivity contribution < 1.29 is 4.79 Å². The topological polar surface area (TPSA) is 29.1 Å². The zero-order chi connectivity index (χ0) is 18.4. The van der Waals surface area contributed by atoms with E-state index in [1.54, 1.807) is 6.08 Å². The highest BCUT2D eigenvalue weighted by Crippen LogP contribution is 2.24. The quantitative estimate of drug-likeness (QED) is 0.633. The molecule has 3 rings (SSSR count). The largest absolute Gasteiger partial charge is 0.342 e. The summed E-state index contributed by atoms with van der Waals surface area (Å²) >= 11 is 0. The van der Waals surface area contributed by atoms with Crippen molar-refractivity contribution in [3.05, 3.63) is 113 Å². The Labute approximate surface area is 155 Å². The molecule has 2 nitrogen and oxygen atoms in total. The number of amides is 1. The number of rotatable bonds is 5. The number of aryl methyl sites for hydroxylation is 2. The average molecular weight is 341 g/mol. The van der Waals surface area contributed by atoms with E-state index in [1.807, 2.05) is 79.7 Å². The van der Waals surface area contributed by atoms with E-state index in [4.69, 9.17) is 0 Å². The molecule has 26 heavy (non-hydrogen) atoms. The maximum Gasteiger partial charge on any atom is 0.244 e. The van der Waals surface area contributed by atoms with Gasteiger partial charge in [0.15, 0.2) is 0 Å². The van der Waals surface area contributed by atoms with Crippen LogP contribution in [0, 0.1) is 13.8 Å². The van der Waals surface area contributed by atoms with E-state index in [0.29, 0.717) is 0 Å². The monoisotopic (exact) mass is 341 g/mol. The third-order valence-electron chi connectivity index (χ3n) is 4.42. The van der Waals surface area contributed by atoms with Gasteiger partial charge in [0.05, 0.1) is 6.04 Å². The Kier molecular flexibility index (Phi) is 5.65. The molecule has 0 radical (unpaired) electrons. The van der Waals surface area contributed by atoms with E-state index in [2.05, 4.69) is 24.4 Å². The summed E-state index contributed by atoms with van der Waals surface area (Å²) in [6.07, 6.45) is 3.44. The maximum absolute atomic E-state index is 12.6. The predicted octanol–water partition coefficient (Wildman–Crippen LogP) is 5.22. The second-order valence-electron chi connectivity index (χ2n) is 6.45. The summed E-state index contributed by atoms with van der Waals surface area (Å²) < 4.78 is 0. The lowest BCUT2D eigenvalue weighted by Gasteiger charge is -2.21. The molecule has 0 aromatic heterocycles. The zero-order valence-corrected chi connectivity index (χ0v) is 15.1. The first kappa shape index (κ1) is 17.7. The summed E-state index contributed by atoms with van der Waals surface area (Å²) in [6, 6.07) is 26.1. The number of carbonyl (C=O) groups is 1. The number of hydrogen-bond acceptors (Lipinski definition) is 1. The van der Waals surface area contributed by atoms with Crippen molar-refractivity contribution in [2.24, 2.45) is 0 Å². The smallest absolute Gasteiger partial charge is 0.244 e. The Balaban J connectivity index is 1.83. The minimum Gasteiger partial charge on any atom is -0.342 e. The minimum atomic E-state index is -0.174. The van der Waals surface area contributed by atoms with Gasteiger partial charge in [0, 0.05) is 6.08 Å². The molecule has 0 aliphatic rings. The molecule has 0 saturated heterocycles. The third-order valence-corrected chi connectivity index (χ3v) is 4.42. The van der Waals surface area contributed by atoms with E-state index in [9.17, 15) is 4.79 Å². The summed E-state index contributed by atoms with van der Waals surface area (Å²) in [4.78, 5) is 12.6. The fraction of sp³-hybridized carbons (Fsp3) is 0.125. The van der Waals surface area contributed by atoms with Crippen molar-refractivity contribution in [2.75, 3.05) is 0 Å². The third kappa shape index (κ3) is 4.48. The van der Waals surface area contributed by atoms with Gasteiger partial charge < -0.3 is 5.32 Å². The van der Waals surface area contributed by atoms with Crippen molar-refractivity contribution in [2.45, 2.75) is 19.9 Å². The van der Waals surface area contributed by atoms with Crippen LogP contribution in [0.15, 0.2) is 84.9 Å².